The zero-order valence-corrected chi connectivity index (χ0v) is 21.5. The first-order valence-corrected chi connectivity index (χ1v) is 12.8. The number of hydrogen-bond donors (Lipinski definition) is 1. The van der Waals surface area contributed by atoms with Crippen molar-refractivity contribution in [2.75, 3.05) is 11.5 Å². The van der Waals surface area contributed by atoms with Gasteiger partial charge in [-0.15, -0.1) is 0 Å². The number of Topliss-reactive ketones (excluding diaryl/α,β-unsaturated/α-hetero) is 1. The van der Waals surface area contributed by atoms with E-state index < -0.39 is 23.5 Å². The Morgan fingerprint density at radius 3 is 2.64 bits per heavy atom. The highest BCUT2D eigenvalue weighted by molar-refractivity contribution is 9.10. The Balaban J connectivity index is 1.65. The lowest BCUT2D eigenvalue weighted by Gasteiger charge is -2.23. The van der Waals surface area contributed by atoms with Crippen LogP contribution in [0.5, 0.6) is 5.75 Å². The van der Waals surface area contributed by atoms with Gasteiger partial charge in [-0.3, -0.25) is 14.5 Å². The van der Waals surface area contributed by atoms with Crippen molar-refractivity contribution in [3.05, 3.63) is 93.7 Å². The van der Waals surface area contributed by atoms with E-state index in [9.17, 15) is 19.1 Å². The van der Waals surface area contributed by atoms with Crippen LogP contribution in [0.1, 0.15) is 30.5 Å². The third-order valence-electron chi connectivity index (χ3n) is 5.75. The molecule has 3 aromatic carbocycles. The lowest BCUT2D eigenvalue weighted by Crippen LogP contribution is -2.29. The molecule has 1 atom stereocenters. The number of ether oxygens (including phenoxy) is 1. The first-order valence-electron chi connectivity index (χ1n) is 11.2. The van der Waals surface area contributed by atoms with E-state index in [0.717, 1.165) is 22.2 Å². The van der Waals surface area contributed by atoms with E-state index in [0.29, 0.717) is 33.7 Å². The number of thiazole rings is 1. The van der Waals surface area contributed by atoms with E-state index in [-0.39, 0.29) is 16.5 Å². The number of rotatable bonds is 6. The summed E-state index contributed by atoms with van der Waals surface area (Å²) in [6.07, 6.45) is 0.857. The molecule has 1 aromatic heterocycles. The molecule has 1 saturated heterocycles. The number of aliphatic hydroxyl groups excluding tert-OH is 1. The normalized spacial score (nSPS) is 17.2. The van der Waals surface area contributed by atoms with E-state index in [1.165, 1.54) is 23.1 Å². The average Bonchev–Trinajstić information content (AvgIpc) is 3.40. The lowest BCUT2D eigenvalue weighted by atomic mass is 9.95. The molecule has 5 rings (SSSR count). The van der Waals surface area contributed by atoms with Gasteiger partial charge in [-0.1, -0.05) is 46.3 Å². The summed E-state index contributed by atoms with van der Waals surface area (Å²) in [5, 5.41) is 11.5. The third-order valence-corrected chi connectivity index (χ3v) is 7.27. The molecule has 1 aliphatic heterocycles. The molecule has 0 bridgehead atoms. The van der Waals surface area contributed by atoms with Gasteiger partial charge in [-0.05, 0) is 66.6 Å². The summed E-state index contributed by atoms with van der Waals surface area (Å²) in [6.45, 7) is 2.56. The predicted octanol–water partition coefficient (Wildman–Crippen LogP) is 6.61. The van der Waals surface area contributed by atoms with E-state index >= 15 is 0 Å². The van der Waals surface area contributed by atoms with Gasteiger partial charge in [0.15, 0.2) is 5.13 Å². The molecular formula is C27H20BrFN2O4S. The van der Waals surface area contributed by atoms with Crippen molar-refractivity contribution in [3.63, 3.8) is 0 Å². The molecular weight excluding hydrogens is 547 g/mol. The van der Waals surface area contributed by atoms with Gasteiger partial charge < -0.3 is 9.84 Å². The second-order valence-corrected chi connectivity index (χ2v) is 10.1. The molecule has 182 valence electrons. The summed E-state index contributed by atoms with van der Waals surface area (Å²) >= 11 is 4.55. The minimum absolute atomic E-state index is 0.0502. The smallest absolute Gasteiger partial charge is 0.301 e. The van der Waals surface area contributed by atoms with Crippen LogP contribution in [0.15, 0.2) is 76.8 Å². The highest BCUT2D eigenvalue weighted by Crippen LogP contribution is 2.44. The Hall–Kier alpha value is -3.56. The van der Waals surface area contributed by atoms with E-state index in [2.05, 4.69) is 20.9 Å². The van der Waals surface area contributed by atoms with Crippen LogP contribution in [0.2, 0.25) is 0 Å². The molecule has 0 saturated carbocycles. The standard InChI is InChI=1S/C27H20BrFN2O4S/c1-2-12-35-19-9-6-15(7-10-19)24(32)22-23(16-4-3-5-17(28)13-16)31(26(34)25(22)33)27-30-20-11-8-18(29)14-21(20)36-27/h3-11,13-14,23,32H,2,12H2,1H3/b24-22+. The maximum Gasteiger partial charge on any atom is 0.301 e. The number of anilines is 1. The van der Waals surface area contributed by atoms with Crippen LogP contribution in [-0.4, -0.2) is 28.4 Å². The van der Waals surface area contributed by atoms with E-state index in [1.54, 1.807) is 42.5 Å². The number of halogens is 2. The number of hydrogen-bond acceptors (Lipinski definition) is 6. The van der Waals surface area contributed by atoms with Gasteiger partial charge in [-0.25, -0.2) is 9.37 Å². The van der Waals surface area contributed by atoms with Crippen molar-refractivity contribution in [2.45, 2.75) is 19.4 Å². The number of aromatic nitrogens is 1. The Labute approximate surface area is 218 Å². The van der Waals surface area contributed by atoms with Gasteiger partial charge in [0.05, 0.1) is 28.4 Å². The summed E-state index contributed by atoms with van der Waals surface area (Å²) in [7, 11) is 0. The van der Waals surface area contributed by atoms with Gasteiger partial charge in [0.25, 0.3) is 5.78 Å². The fourth-order valence-corrected chi connectivity index (χ4v) is 5.53. The molecule has 1 unspecified atom stereocenters. The van der Waals surface area contributed by atoms with Gasteiger partial charge in [0.2, 0.25) is 0 Å². The quantitative estimate of drug-likeness (QED) is 0.161. The number of carbonyl (C=O) groups is 2. The molecule has 2 heterocycles. The number of fused-ring (bicyclic) bond motifs is 1. The Morgan fingerprint density at radius 2 is 1.92 bits per heavy atom. The van der Waals surface area contributed by atoms with Crippen LogP contribution in [0.3, 0.4) is 0 Å². The number of ketones is 1. The number of amides is 1. The SMILES string of the molecule is CCCOc1ccc(/C(O)=C2\C(=O)C(=O)N(c3nc4ccc(F)cc4s3)C2c2cccc(Br)c2)cc1. The monoisotopic (exact) mass is 566 g/mol. The van der Waals surface area contributed by atoms with E-state index in [1.807, 2.05) is 13.0 Å². The molecule has 0 aliphatic carbocycles. The van der Waals surface area contributed by atoms with Crippen molar-refractivity contribution in [3.8, 4) is 5.75 Å². The Kier molecular flexibility index (Phi) is 6.59. The van der Waals surface area contributed by atoms with Crippen LogP contribution in [0.4, 0.5) is 9.52 Å². The number of benzene rings is 3. The predicted molar refractivity (Wildman–Crippen MR) is 141 cm³/mol. The lowest BCUT2D eigenvalue weighted by molar-refractivity contribution is -0.132. The molecule has 1 aliphatic rings. The maximum atomic E-state index is 13.8. The third kappa shape index (κ3) is 4.40. The summed E-state index contributed by atoms with van der Waals surface area (Å²) in [5.74, 6) is -1.72. The van der Waals surface area contributed by atoms with Gasteiger partial charge >= 0.3 is 5.91 Å². The molecule has 1 fully saturated rings. The van der Waals surface area contributed by atoms with Crippen molar-refractivity contribution >= 4 is 60.1 Å². The van der Waals surface area contributed by atoms with Crippen LogP contribution < -0.4 is 9.64 Å². The summed E-state index contributed by atoms with van der Waals surface area (Å²) in [4.78, 5) is 32.4. The molecule has 9 heteroatoms. The topological polar surface area (TPSA) is 79.7 Å². The zero-order chi connectivity index (χ0) is 25.4. The molecule has 1 N–H and O–H groups in total. The second kappa shape index (κ2) is 9.83. The fraction of sp³-hybridized carbons (Fsp3) is 0.148. The number of carbonyl (C=O) groups excluding carboxylic acids is 2. The summed E-state index contributed by atoms with van der Waals surface area (Å²) in [5.41, 5.74) is 1.45. The fourth-order valence-electron chi connectivity index (χ4n) is 4.10. The summed E-state index contributed by atoms with van der Waals surface area (Å²) in [6, 6.07) is 17.1. The van der Waals surface area contributed by atoms with Crippen molar-refractivity contribution < 1.29 is 23.8 Å². The van der Waals surface area contributed by atoms with E-state index in [4.69, 9.17) is 4.74 Å². The van der Waals surface area contributed by atoms with Crippen LogP contribution in [-0.2, 0) is 9.59 Å². The van der Waals surface area contributed by atoms with Crippen molar-refractivity contribution in [1.82, 2.24) is 4.98 Å². The van der Waals surface area contributed by atoms with Crippen molar-refractivity contribution in [1.29, 1.82) is 0 Å². The zero-order valence-electron chi connectivity index (χ0n) is 19.1. The second-order valence-electron chi connectivity index (χ2n) is 8.21. The van der Waals surface area contributed by atoms with Crippen LogP contribution in [0, 0.1) is 5.82 Å². The minimum Gasteiger partial charge on any atom is -0.507 e. The first-order chi connectivity index (χ1) is 17.4. The number of aliphatic hydroxyl groups is 1. The molecule has 0 spiro atoms. The Bertz CT molecular complexity index is 1520. The molecule has 6 nitrogen and oxygen atoms in total. The molecule has 1 amide bonds. The van der Waals surface area contributed by atoms with Gasteiger partial charge in [0.1, 0.15) is 17.3 Å². The molecule has 0 radical (unpaired) electrons. The Morgan fingerprint density at radius 1 is 1.14 bits per heavy atom. The first kappa shape index (κ1) is 24.1. The average molecular weight is 567 g/mol. The highest BCUT2D eigenvalue weighted by atomic mass is 79.9. The largest absolute Gasteiger partial charge is 0.507 e. The number of nitrogens with zero attached hydrogens (tertiary/aromatic N) is 2. The van der Waals surface area contributed by atoms with Gasteiger partial charge in [0, 0.05) is 10.0 Å². The minimum atomic E-state index is -0.927. The molecule has 36 heavy (non-hydrogen) atoms. The highest BCUT2D eigenvalue weighted by Gasteiger charge is 2.48. The van der Waals surface area contributed by atoms with Gasteiger partial charge in [-0.2, -0.15) is 0 Å². The molecule has 4 aromatic rings. The van der Waals surface area contributed by atoms with Crippen molar-refractivity contribution in [2.24, 2.45) is 0 Å². The maximum absolute atomic E-state index is 13.8. The van der Waals surface area contributed by atoms with Crippen LogP contribution in [0.25, 0.3) is 16.0 Å². The summed E-state index contributed by atoms with van der Waals surface area (Å²) < 4.78 is 20.7. The van der Waals surface area contributed by atoms with Crippen LogP contribution >= 0.6 is 27.3 Å².